The highest BCUT2D eigenvalue weighted by Gasteiger charge is 2.03. The molecule has 4 nitrogen and oxygen atoms in total. The van der Waals surface area contributed by atoms with Crippen LogP contribution in [0.25, 0.3) is 0 Å². The van der Waals surface area contributed by atoms with Crippen molar-refractivity contribution in [3.05, 3.63) is 17.5 Å². The fourth-order valence-corrected chi connectivity index (χ4v) is 1.41. The summed E-state index contributed by atoms with van der Waals surface area (Å²) in [5.41, 5.74) is 0. The van der Waals surface area contributed by atoms with E-state index in [1.165, 1.54) is 6.33 Å². The summed E-state index contributed by atoms with van der Waals surface area (Å²) in [4.78, 5) is 10.2. The summed E-state index contributed by atoms with van der Waals surface area (Å²) < 4.78 is 0. The van der Waals surface area contributed by atoms with Crippen LogP contribution in [-0.4, -0.2) is 41.0 Å². The average Bonchev–Trinajstić information content (AvgIpc) is 2.26. The summed E-state index contributed by atoms with van der Waals surface area (Å²) in [6.07, 6.45) is 4.15. The van der Waals surface area contributed by atoms with E-state index in [0.29, 0.717) is 16.9 Å². The van der Waals surface area contributed by atoms with E-state index in [4.69, 9.17) is 11.6 Å². The monoisotopic (exact) mass is 242 g/mol. The van der Waals surface area contributed by atoms with Gasteiger partial charge in [0.2, 0.25) is 0 Å². The third-order valence-electron chi connectivity index (χ3n) is 2.53. The molecule has 0 fully saturated rings. The second-order valence-corrected chi connectivity index (χ2v) is 4.48. The van der Waals surface area contributed by atoms with Crippen LogP contribution in [0.15, 0.2) is 12.5 Å². The Hall–Kier alpha value is -0.870. The van der Waals surface area contributed by atoms with Gasteiger partial charge in [0.1, 0.15) is 17.2 Å². The predicted molar refractivity (Wildman–Crippen MR) is 67.9 cm³/mol. The molecule has 0 bridgehead atoms. The second-order valence-electron chi connectivity index (χ2n) is 4.07. The molecule has 0 amide bonds. The van der Waals surface area contributed by atoms with Gasteiger partial charge in [0, 0.05) is 12.6 Å². The Morgan fingerprint density at radius 1 is 1.50 bits per heavy atom. The lowest BCUT2D eigenvalue weighted by molar-refractivity contribution is 0.273. The molecule has 1 N–H and O–H groups in total. The van der Waals surface area contributed by atoms with Crippen LogP contribution in [-0.2, 0) is 0 Å². The number of nitrogens with zero attached hydrogens (tertiary/aromatic N) is 3. The van der Waals surface area contributed by atoms with Gasteiger partial charge >= 0.3 is 0 Å². The Kier molecular flexibility index (Phi) is 5.49. The standard InChI is InChI=1S/C11H19ClN4/c1-9(2)16(3)6-4-5-14-11-10(12)7-13-8-15-11/h7-9H,4-6H2,1-3H3,(H,13,14,15). The zero-order chi connectivity index (χ0) is 12.0. The molecule has 1 aromatic heterocycles. The van der Waals surface area contributed by atoms with Gasteiger partial charge in [-0.15, -0.1) is 0 Å². The average molecular weight is 243 g/mol. The minimum Gasteiger partial charge on any atom is -0.369 e. The molecule has 1 heterocycles. The lowest BCUT2D eigenvalue weighted by atomic mass is 10.3. The van der Waals surface area contributed by atoms with Gasteiger partial charge in [0.05, 0.1) is 6.20 Å². The summed E-state index contributed by atoms with van der Waals surface area (Å²) in [5.74, 6) is 0.712. The number of hydrogen-bond acceptors (Lipinski definition) is 4. The van der Waals surface area contributed by atoms with Crippen LogP contribution in [0.1, 0.15) is 20.3 Å². The molecule has 16 heavy (non-hydrogen) atoms. The lowest BCUT2D eigenvalue weighted by Crippen LogP contribution is -2.28. The molecular formula is C11H19ClN4. The third-order valence-corrected chi connectivity index (χ3v) is 2.81. The third kappa shape index (κ3) is 4.33. The largest absolute Gasteiger partial charge is 0.369 e. The van der Waals surface area contributed by atoms with Crippen molar-refractivity contribution in [1.29, 1.82) is 0 Å². The van der Waals surface area contributed by atoms with Crippen LogP contribution in [0, 0.1) is 0 Å². The molecule has 0 aliphatic carbocycles. The number of rotatable bonds is 6. The highest BCUT2D eigenvalue weighted by atomic mass is 35.5. The predicted octanol–water partition coefficient (Wildman–Crippen LogP) is 2.27. The van der Waals surface area contributed by atoms with Crippen molar-refractivity contribution in [2.45, 2.75) is 26.3 Å². The summed E-state index contributed by atoms with van der Waals surface area (Å²) in [7, 11) is 2.13. The first kappa shape index (κ1) is 13.2. The zero-order valence-electron chi connectivity index (χ0n) is 10.1. The van der Waals surface area contributed by atoms with Crippen molar-refractivity contribution in [3.8, 4) is 0 Å². The molecular weight excluding hydrogens is 224 g/mol. The highest BCUT2D eigenvalue weighted by Crippen LogP contribution is 2.15. The number of hydrogen-bond donors (Lipinski definition) is 1. The molecule has 0 atom stereocenters. The maximum atomic E-state index is 5.92. The van der Waals surface area contributed by atoms with Gasteiger partial charge in [-0.25, -0.2) is 9.97 Å². The van der Waals surface area contributed by atoms with E-state index >= 15 is 0 Å². The summed E-state index contributed by atoms with van der Waals surface area (Å²) >= 11 is 5.92. The fourth-order valence-electron chi connectivity index (χ4n) is 1.24. The van der Waals surface area contributed by atoms with Crippen LogP contribution >= 0.6 is 11.6 Å². The summed E-state index contributed by atoms with van der Waals surface area (Å²) in [5, 5.41) is 3.77. The lowest BCUT2D eigenvalue weighted by Gasteiger charge is -2.20. The van der Waals surface area contributed by atoms with Crippen LogP contribution < -0.4 is 5.32 Å². The SMILES string of the molecule is CC(C)N(C)CCCNc1ncncc1Cl. The second kappa shape index (κ2) is 6.66. The van der Waals surface area contributed by atoms with E-state index in [1.807, 2.05) is 0 Å². The first-order chi connectivity index (χ1) is 7.61. The van der Waals surface area contributed by atoms with Gasteiger partial charge in [-0.1, -0.05) is 11.6 Å². The number of halogens is 1. The van der Waals surface area contributed by atoms with Gasteiger partial charge in [0.15, 0.2) is 0 Å². The van der Waals surface area contributed by atoms with E-state index < -0.39 is 0 Å². The molecule has 1 aromatic rings. The molecule has 90 valence electrons. The van der Waals surface area contributed by atoms with Crippen molar-refractivity contribution in [2.24, 2.45) is 0 Å². The normalized spacial score (nSPS) is 11.1. The van der Waals surface area contributed by atoms with Crippen molar-refractivity contribution < 1.29 is 0 Å². The smallest absolute Gasteiger partial charge is 0.148 e. The molecule has 0 aliphatic rings. The van der Waals surface area contributed by atoms with Crippen molar-refractivity contribution >= 4 is 17.4 Å². The number of anilines is 1. The molecule has 0 aromatic carbocycles. The Morgan fingerprint density at radius 2 is 2.25 bits per heavy atom. The van der Waals surface area contributed by atoms with Gasteiger partial charge < -0.3 is 10.2 Å². The Morgan fingerprint density at radius 3 is 2.88 bits per heavy atom. The van der Waals surface area contributed by atoms with Crippen molar-refractivity contribution in [1.82, 2.24) is 14.9 Å². The topological polar surface area (TPSA) is 41.0 Å². The van der Waals surface area contributed by atoms with Gasteiger partial charge in [-0.3, -0.25) is 0 Å². The molecule has 0 radical (unpaired) electrons. The molecule has 0 spiro atoms. The minimum atomic E-state index is 0.569. The fraction of sp³-hybridized carbons (Fsp3) is 0.636. The molecule has 1 rings (SSSR count). The van der Waals surface area contributed by atoms with Crippen LogP contribution in [0.5, 0.6) is 0 Å². The first-order valence-electron chi connectivity index (χ1n) is 5.51. The van der Waals surface area contributed by atoms with E-state index in [9.17, 15) is 0 Å². The first-order valence-corrected chi connectivity index (χ1v) is 5.88. The van der Waals surface area contributed by atoms with E-state index in [-0.39, 0.29) is 0 Å². The molecule has 5 heteroatoms. The quantitative estimate of drug-likeness (QED) is 0.777. The number of nitrogens with one attached hydrogen (secondary N) is 1. The summed E-state index contributed by atoms with van der Waals surface area (Å²) in [6, 6.07) is 0.586. The number of aromatic nitrogens is 2. The van der Waals surface area contributed by atoms with Crippen LogP contribution in [0.4, 0.5) is 5.82 Å². The maximum Gasteiger partial charge on any atom is 0.148 e. The molecule has 0 saturated carbocycles. The van der Waals surface area contributed by atoms with Gasteiger partial charge in [-0.05, 0) is 33.9 Å². The maximum absolute atomic E-state index is 5.92. The van der Waals surface area contributed by atoms with E-state index in [0.717, 1.165) is 19.5 Å². The Balaban J connectivity index is 2.24. The van der Waals surface area contributed by atoms with Crippen LogP contribution in [0.2, 0.25) is 5.02 Å². The molecule has 0 aliphatic heterocycles. The van der Waals surface area contributed by atoms with E-state index in [1.54, 1.807) is 6.20 Å². The van der Waals surface area contributed by atoms with Gasteiger partial charge in [-0.2, -0.15) is 0 Å². The van der Waals surface area contributed by atoms with Crippen LogP contribution in [0.3, 0.4) is 0 Å². The molecule has 0 unspecified atom stereocenters. The molecule has 0 saturated heterocycles. The van der Waals surface area contributed by atoms with Crippen molar-refractivity contribution in [3.63, 3.8) is 0 Å². The minimum absolute atomic E-state index is 0.569. The van der Waals surface area contributed by atoms with Crippen molar-refractivity contribution in [2.75, 3.05) is 25.5 Å². The highest BCUT2D eigenvalue weighted by molar-refractivity contribution is 6.32. The van der Waals surface area contributed by atoms with Gasteiger partial charge in [0.25, 0.3) is 0 Å². The summed E-state index contributed by atoms with van der Waals surface area (Å²) in [6.45, 7) is 6.31. The van der Waals surface area contributed by atoms with E-state index in [2.05, 4.69) is 41.1 Å². The zero-order valence-corrected chi connectivity index (χ0v) is 10.8. The Bertz CT molecular complexity index is 317. The Labute approximate surface area is 102 Å².